The zero-order chi connectivity index (χ0) is 23.7. The van der Waals surface area contributed by atoms with Crippen molar-refractivity contribution >= 4 is 23.1 Å². The maximum atomic E-state index is 13.6. The molecule has 0 aliphatic carbocycles. The van der Waals surface area contributed by atoms with Crippen molar-refractivity contribution in [2.75, 3.05) is 38.2 Å². The number of hydrogen-bond acceptors (Lipinski definition) is 6. The van der Waals surface area contributed by atoms with Gasteiger partial charge in [-0.1, -0.05) is 30.3 Å². The van der Waals surface area contributed by atoms with Crippen LogP contribution in [0.4, 0.5) is 5.69 Å². The van der Waals surface area contributed by atoms with Crippen molar-refractivity contribution in [1.29, 1.82) is 0 Å². The highest BCUT2D eigenvalue weighted by molar-refractivity contribution is 6.35. The Kier molecular flexibility index (Phi) is 5.84. The van der Waals surface area contributed by atoms with Gasteiger partial charge in [0.25, 0.3) is 11.8 Å². The number of carbonyl (C=O) groups is 2. The van der Waals surface area contributed by atoms with E-state index in [1.807, 2.05) is 29.2 Å². The summed E-state index contributed by atoms with van der Waals surface area (Å²) in [4.78, 5) is 32.8. The van der Waals surface area contributed by atoms with Gasteiger partial charge in [-0.05, 0) is 42.8 Å². The molecule has 0 N–H and O–H groups in total. The summed E-state index contributed by atoms with van der Waals surface area (Å²) >= 11 is 0. The van der Waals surface area contributed by atoms with Crippen LogP contribution in [0.1, 0.15) is 16.9 Å². The van der Waals surface area contributed by atoms with Gasteiger partial charge in [0.15, 0.2) is 0 Å². The van der Waals surface area contributed by atoms with E-state index >= 15 is 0 Å². The number of para-hydroxylation sites is 1. The Morgan fingerprint density at radius 1 is 0.882 bits per heavy atom. The Morgan fingerprint density at radius 2 is 1.65 bits per heavy atom. The number of methoxy groups -OCH3 is 1. The Morgan fingerprint density at radius 3 is 2.35 bits per heavy atom. The van der Waals surface area contributed by atoms with Crippen molar-refractivity contribution in [3.8, 4) is 5.75 Å². The molecule has 2 aliphatic heterocycles. The molecule has 34 heavy (non-hydrogen) atoms. The summed E-state index contributed by atoms with van der Waals surface area (Å²) in [6.07, 6.45) is 1.54. The minimum absolute atomic E-state index is 0.0933. The molecule has 0 unspecified atom stereocenters. The normalized spacial score (nSPS) is 16.6. The van der Waals surface area contributed by atoms with Crippen molar-refractivity contribution < 1.29 is 18.7 Å². The molecule has 2 aliphatic rings. The van der Waals surface area contributed by atoms with Crippen LogP contribution in [0, 0.1) is 6.92 Å². The first-order valence-electron chi connectivity index (χ1n) is 11.4. The van der Waals surface area contributed by atoms with Gasteiger partial charge in [-0.25, -0.2) is 0 Å². The van der Waals surface area contributed by atoms with E-state index < -0.39 is 0 Å². The van der Waals surface area contributed by atoms with Gasteiger partial charge >= 0.3 is 0 Å². The predicted octanol–water partition coefficient (Wildman–Crippen LogP) is 3.70. The van der Waals surface area contributed by atoms with Crippen molar-refractivity contribution in [3.05, 3.63) is 89.5 Å². The number of hydrogen-bond donors (Lipinski definition) is 0. The van der Waals surface area contributed by atoms with Gasteiger partial charge in [0, 0.05) is 37.4 Å². The summed E-state index contributed by atoms with van der Waals surface area (Å²) in [6.45, 7) is 4.96. The average molecular weight is 458 g/mol. The summed E-state index contributed by atoms with van der Waals surface area (Å²) in [6, 6.07) is 19.3. The van der Waals surface area contributed by atoms with E-state index in [1.54, 1.807) is 25.5 Å². The molecule has 7 nitrogen and oxygen atoms in total. The third-order valence-electron chi connectivity index (χ3n) is 6.38. The van der Waals surface area contributed by atoms with Crippen LogP contribution < -0.4 is 9.64 Å². The highest BCUT2D eigenvalue weighted by Gasteiger charge is 2.43. The molecule has 1 saturated heterocycles. The summed E-state index contributed by atoms with van der Waals surface area (Å²) in [5.74, 6) is 0.495. The molecule has 174 valence electrons. The second kappa shape index (κ2) is 9.09. The number of rotatable bonds is 6. The zero-order valence-corrected chi connectivity index (χ0v) is 19.4. The fourth-order valence-corrected chi connectivity index (χ4v) is 4.67. The molecule has 3 heterocycles. The number of benzene rings is 2. The first kappa shape index (κ1) is 21.8. The minimum atomic E-state index is -0.331. The fourth-order valence-electron chi connectivity index (χ4n) is 4.67. The molecule has 5 rings (SSSR count). The second-order valence-corrected chi connectivity index (χ2v) is 8.51. The third-order valence-corrected chi connectivity index (χ3v) is 6.38. The topological polar surface area (TPSA) is 66.2 Å². The predicted molar refractivity (Wildman–Crippen MR) is 129 cm³/mol. The summed E-state index contributed by atoms with van der Waals surface area (Å²) in [5, 5.41) is 0. The SMILES string of the molecule is COc1ccccc1C1=C(N2CCN(c3cccc(C)c3)CC2)C(=O)N(Cc2ccco2)C1=O. The van der Waals surface area contributed by atoms with Gasteiger partial charge in [0.2, 0.25) is 0 Å². The first-order valence-corrected chi connectivity index (χ1v) is 11.4. The number of piperazine rings is 1. The summed E-state index contributed by atoms with van der Waals surface area (Å²) in [7, 11) is 1.57. The quantitative estimate of drug-likeness (QED) is 0.526. The van der Waals surface area contributed by atoms with Gasteiger partial charge in [-0.15, -0.1) is 0 Å². The number of aryl methyl sites for hydroxylation is 1. The van der Waals surface area contributed by atoms with Crippen molar-refractivity contribution in [3.63, 3.8) is 0 Å². The van der Waals surface area contributed by atoms with Gasteiger partial charge in [0.05, 0.1) is 25.5 Å². The number of imide groups is 1. The molecule has 1 fully saturated rings. The van der Waals surface area contributed by atoms with Crippen molar-refractivity contribution in [1.82, 2.24) is 9.80 Å². The summed E-state index contributed by atoms with van der Waals surface area (Å²) in [5.41, 5.74) is 3.84. The Hall–Kier alpha value is -4.00. The summed E-state index contributed by atoms with van der Waals surface area (Å²) < 4.78 is 11.0. The lowest BCUT2D eigenvalue weighted by atomic mass is 10.0. The lowest BCUT2D eigenvalue weighted by Gasteiger charge is -2.37. The van der Waals surface area contributed by atoms with Gasteiger partial charge in [0.1, 0.15) is 17.2 Å². The van der Waals surface area contributed by atoms with Crippen LogP contribution in [0.2, 0.25) is 0 Å². The number of nitrogens with zero attached hydrogens (tertiary/aromatic N) is 3. The first-order chi connectivity index (χ1) is 16.6. The van der Waals surface area contributed by atoms with E-state index in [9.17, 15) is 9.59 Å². The third kappa shape index (κ3) is 3.94. The fraction of sp³-hybridized carbons (Fsp3) is 0.259. The number of furan rings is 1. The smallest absolute Gasteiger partial charge is 0.278 e. The van der Waals surface area contributed by atoms with Crippen LogP contribution in [-0.2, 0) is 16.1 Å². The molecule has 2 aromatic carbocycles. The maximum absolute atomic E-state index is 13.6. The largest absolute Gasteiger partial charge is 0.496 e. The number of amides is 2. The average Bonchev–Trinajstić information content (AvgIpc) is 3.46. The molecule has 7 heteroatoms. The van der Waals surface area contributed by atoms with Crippen LogP contribution in [0.3, 0.4) is 0 Å². The van der Waals surface area contributed by atoms with Gasteiger partial charge < -0.3 is 19.0 Å². The van der Waals surface area contributed by atoms with Crippen molar-refractivity contribution in [2.24, 2.45) is 0 Å². The van der Waals surface area contributed by atoms with Gasteiger partial charge in [-0.2, -0.15) is 0 Å². The lowest BCUT2D eigenvalue weighted by Crippen LogP contribution is -2.47. The molecule has 0 saturated carbocycles. The number of anilines is 1. The molecule has 3 aromatic rings. The second-order valence-electron chi connectivity index (χ2n) is 8.51. The Balaban J connectivity index is 1.48. The Labute approximate surface area is 198 Å². The van der Waals surface area contributed by atoms with Gasteiger partial charge in [-0.3, -0.25) is 14.5 Å². The van der Waals surface area contributed by atoms with E-state index in [-0.39, 0.29) is 18.4 Å². The van der Waals surface area contributed by atoms with E-state index in [4.69, 9.17) is 9.15 Å². The highest BCUT2D eigenvalue weighted by atomic mass is 16.5. The molecular weight excluding hydrogens is 430 g/mol. The molecular formula is C27H27N3O4. The molecule has 2 amide bonds. The monoisotopic (exact) mass is 457 g/mol. The molecule has 0 atom stereocenters. The molecule has 0 spiro atoms. The van der Waals surface area contributed by atoms with Crippen LogP contribution in [0.5, 0.6) is 5.75 Å². The number of ether oxygens (including phenoxy) is 1. The van der Waals surface area contributed by atoms with E-state index in [1.165, 1.54) is 16.2 Å². The standard InChI is InChI=1S/C27H27N3O4/c1-19-7-5-8-20(17-19)28-12-14-29(15-13-28)25-24(22-10-3-4-11-23(22)33-2)26(31)30(27(25)32)18-21-9-6-16-34-21/h3-11,16-17H,12-15,18H2,1-2H3. The van der Waals surface area contributed by atoms with E-state index in [2.05, 4.69) is 36.1 Å². The minimum Gasteiger partial charge on any atom is -0.496 e. The van der Waals surface area contributed by atoms with E-state index in [0.29, 0.717) is 41.4 Å². The Bertz CT molecular complexity index is 1240. The van der Waals surface area contributed by atoms with Crippen molar-refractivity contribution in [2.45, 2.75) is 13.5 Å². The molecule has 0 radical (unpaired) electrons. The zero-order valence-electron chi connectivity index (χ0n) is 19.4. The van der Waals surface area contributed by atoms with Crippen LogP contribution in [0.25, 0.3) is 5.57 Å². The number of carbonyl (C=O) groups excluding carboxylic acids is 2. The highest BCUT2D eigenvalue weighted by Crippen LogP contribution is 2.37. The lowest BCUT2D eigenvalue weighted by molar-refractivity contribution is -0.138. The van der Waals surface area contributed by atoms with Crippen LogP contribution in [-0.4, -0.2) is 54.9 Å². The van der Waals surface area contributed by atoms with Crippen LogP contribution in [0.15, 0.2) is 77.0 Å². The van der Waals surface area contributed by atoms with E-state index in [0.717, 1.165) is 13.1 Å². The molecule has 1 aromatic heterocycles. The van der Waals surface area contributed by atoms with Crippen LogP contribution >= 0.6 is 0 Å². The molecule has 0 bridgehead atoms. The maximum Gasteiger partial charge on any atom is 0.278 e.